The van der Waals surface area contributed by atoms with Gasteiger partial charge in [-0.1, -0.05) is 0 Å². The fourth-order valence-corrected chi connectivity index (χ4v) is 0.990. The van der Waals surface area contributed by atoms with Crippen molar-refractivity contribution in [2.75, 3.05) is 11.5 Å². The second-order valence-corrected chi connectivity index (χ2v) is 2.78. The van der Waals surface area contributed by atoms with Crippen molar-refractivity contribution in [1.29, 1.82) is 0 Å². The normalized spacial score (nSPS) is 10.2. The number of anilines is 2. The molecule has 1 rings (SSSR count). The minimum absolute atomic E-state index is 0.321. The zero-order valence-electron chi connectivity index (χ0n) is 7.23. The van der Waals surface area contributed by atoms with Crippen LogP contribution in [0.15, 0.2) is 6.20 Å². The van der Waals surface area contributed by atoms with Crippen LogP contribution in [0.25, 0.3) is 0 Å². The van der Waals surface area contributed by atoms with Gasteiger partial charge < -0.3 is 17.2 Å². The summed E-state index contributed by atoms with van der Waals surface area (Å²) in [5.41, 5.74) is 16.5. The number of primary amides is 1. The lowest BCUT2D eigenvalue weighted by atomic mass is 10.3. The van der Waals surface area contributed by atoms with E-state index in [9.17, 15) is 4.79 Å². The first kappa shape index (κ1) is 9.37. The highest BCUT2D eigenvalue weighted by Gasteiger charge is 2.03. The summed E-state index contributed by atoms with van der Waals surface area (Å²) < 4.78 is 1.55. The summed E-state index contributed by atoms with van der Waals surface area (Å²) in [5, 5.41) is 3.93. The van der Waals surface area contributed by atoms with Crippen molar-refractivity contribution in [1.82, 2.24) is 9.78 Å². The zero-order valence-corrected chi connectivity index (χ0v) is 7.23. The van der Waals surface area contributed by atoms with E-state index in [-0.39, 0.29) is 5.91 Å². The lowest BCUT2D eigenvalue weighted by Crippen LogP contribution is -2.12. The smallest absolute Gasteiger partial charge is 0.217 e. The number of aromatic nitrogens is 2. The predicted octanol–water partition coefficient (Wildman–Crippen LogP) is -0.687. The Morgan fingerprint density at radius 3 is 2.69 bits per heavy atom. The summed E-state index contributed by atoms with van der Waals surface area (Å²) in [7, 11) is 0. The molecule has 0 atom stereocenters. The van der Waals surface area contributed by atoms with Gasteiger partial charge in [0.25, 0.3) is 0 Å². The number of nitrogen functional groups attached to an aromatic ring is 2. The Balaban J connectivity index is 2.45. The van der Waals surface area contributed by atoms with Gasteiger partial charge in [0, 0.05) is 13.0 Å². The first-order valence-corrected chi connectivity index (χ1v) is 3.96. The molecule has 6 nitrogen and oxygen atoms in total. The molecule has 0 aliphatic heterocycles. The summed E-state index contributed by atoms with van der Waals surface area (Å²) in [5.74, 6) is 0.114. The van der Waals surface area contributed by atoms with E-state index in [4.69, 9.17) is 17.2 Å². The van der Waals surface area contributed by atoms with Crippen molar-refractivity contribution in [3.8, 4) is 0 Å². The average Bonchev–Trinajstić information content (AvgIpc) is 2.35. The Labute approximate surface area is 75.7 Å². The van der Waals surface area contributed by atoms with Gasteiger partial charge in [-0.2, -0.15) is 5.10 Å². The van der Waals surface area contributed by atoms with Gasteiger partial charge in [-0.25, -0.2) is 4.68 Å². The third-order valence-electron chi connectivity index (χ3n) is 1.70. The molecule has 1 aromatic heterocycles. The molecule has 0 bridgehead atoms. The first-order chi connectivity index (χ1) is 6.11. The molecule has 0 spiro atoms. The van der Waals surface area contributed by atoms with Crippen molar-refractivity contribution in [2.45, 2.75) is 19.4 Å². The van der Waals surface area contributed by atoms with Crippen molar-refractivity contribution in [2.24, 2.45) is 5.73 Å². The third kappa shape index (κ3) is 2.36. The largest absolute Gasteiger partial charge is 0.394 e. The zero-order chi connectivity index (χ0) is 9.84. The summed E-state index contributed by atoms with van der Waals surface area (Å²) in [4.78, 5) is 10.4. The molecule has 0 aliphatic rings. The van der Waals surface area contributed by atoms with E-state index >= 15 is 0 Å². The second-order valence-electron chi connectivity index (χ2n) is 2.78. The molecular weight excluding hydrogens is 170 g/mol. The van der Waals surface area contributed by atoms with E-state index < -0.39 is 0 Å². The molecular formula is C7H13N5O. The molecule has 6 N–H and O–H groups in total. The quantitative estimate of drug-likeness (QED) is 0.573. The van der Waals surface area contributed by atoms with E-state index in [0.29, 0.717) is 30.9 Å². The maximum absolute atomic E-state index is 10.4. The van der Waals surface area contributed by atoms with E-state index in [1.165, 1.54) is 6.20 Å². The van der Waals surface area contributed by atoms with Crippen molar-refractivity contribution in [3.63, 3.8) is 0 Å². The third-order valence-corrected chi connectivity index (χ3v) is 1.70. The van der Waals surface area contributed by atoms with E-state index in [0.717, 1.165) is 0 Å². The van der Waals surface area contributed by atoms with Gasteiger partial charge in [0.1, 0.15) is 5.82 Å². The number of aryl methyl sites for hydroxylation is 1. The maximum atomic E-state index is 10.4. The van der Waals surface area contributed by atoms with Crippen LogP contribution >= 0.6 is 0 Å². The van der Waals surface area contributed by atoms with E-state index in [1.54, 1.807) is 4.68 Å². The summed E-state index contributed by atoms with van der Waals surface area (Å²) >= 11 is 0. The molecule has 6 heteroatoms. The van der Waals surface area contributed by atoms with Crippen LogP contribution in [0.1, 0.15) is 12.8 Å². The Bertz CT molecular complexity index is 306. The van der Waals surface area contributed by atoms with Gasteiger partial charge in [0.05, 0.1) is 11.9 Å². The van der Waals surface area contributed by atoms with Crippen LogP contribution in [-0.2, 0) is 11.3 Å². The maximum Gasteiger partial charge on any atom is 0.217 e. The average molecular weight is 183 g/mol. The molecule has 1 heterocycles. The van der Waals surface area contributed by atoms with Crippen LogP contribution in [-0.4, -0.2) is 15.7 Å². The SMILES string of the molecule is NC(=O)CCCn1ncc(N)c1N. The van der Waals surface area contributed by atoms with Crippen molar-refractivity contribution in [3.05, 3.63) is 6.20 Å². The number of carbonyl (C=O) groups is 1. The van der Waals surface area contributed by atoms with Crippen LogP contribution in [0.4, 0.5) is 11.5 Å². The molecule has 0 saturated heterocycles. The molecule has 72 valence electrons. The highest BCUT2D eigenvalue weighted by Crippen LogP contribution is 2.12. The number of nitrogens with two attached hydrogens (primary N) is 3. The van der Waals surface area contributed by atoms with Gasteiger partial charge in [-0.3, -0.25) is 4.79 Å². The number of rotatable bonds is 4. The number of hydrogen-bond donors (Lipinski definition) is 3. The van der Waals surface area contributed by atoms with Crippen LogP contribution in [0.5, 0.6) is 0 Å². The number of amides is 1. The lowest BCUT2D eigenvalue weighted by molar-refractivity contribution is -0.118. The highest BCUT2D eigenvalue weighted by atomic mass is 16.1. The number of hydrogen-bond acceptors (Lipinski definition) is 4. The number of nitrogens with zero attached hydrogens (tertiary/aromatic N) is 2. The summed E-state index contributed by atoms with van der Waals surface area (Å²) in [6.07, 6.45) is 2.44. The van der Waals surface area contributed by atoms with Crippen LogP contribution in [0, 0.1) is 0 Å². The molecule has 0 unspecified atom stereocenters. The molecule has 0 fully saturated rings. The standard InChI is InChI=1S/C7H13N5O/c8-5-4-11-12(7(5)10)3-1-2-6(9)13/h4H,1-3,8,10H2,(H2,9,13). The summed E-state index contributed by atoms with van der Waals surface area (Å²) in [6.45, 7) is 0.561. The molecule has 0 radical (unpaired) electrons. The van der Waals surface area contributed by atoms with Gasteiger partial charge in [0.2, 0.25) is 5.91 Å². The van der Waals surface area contributed by atoms with E-state index in [2.05, 4.69) is 5.10 Å². The van der Waals surface area contributed by atoms with E-state index in [1.807, 2.05) is 0 Å². The van der Waals surface area contributed by atoms with Gasteiger partial charge in [0.15, 0.2) is 0 Å². The summed E-state index contributed by atoms with van der Waals surface area (Å²) in [6, 6.07) is 0. The Kier molecular flexibility index (Phi) is 2.73. The molecule has 1 aromatic rings. The van der Waals surface area contributed by atoms with Gasteiger partial charge >= 0.3 is 0 Å². The second kappa shape index (κ2) is 3.79. The fourth-order valence-electron chi connectivity index (χ4n) is 0.990. The molecule has 0 aromatic carbocycles. The highest BCUT2D eigenvalue weighted by molar-refractivity contribution is 5.73. The lowest BCUT2D eigenvalue weighted by Gasteiger charge is -2.02. The Morgan fingerprint density at radius 2 is 2.23 bits per heavy atom. The molecule has 13 heavy (non-hydrogen) atoms. The van der Waals surface area contributed by atoms with Crippen LogP contribution in [0.3, 0.4) is 0 Å². The van der Waals surface area contributed by atoms with Crippen LogP contribution < -0.4 is 17.2 Å². The fraction of sp³-hybridized carbons (Fsp3) is 0.429. The minimum Gasteiger partial charge on any atom is -0.394 e. The predicted molar refractivity (Wildman–Crippen MR) is 49.5 cm³/mol. The van der Waals surface area contributed by atoms with Gasteiger partial charge in [-0.05, 0) is 6.42 Å². The van der Waals surface area contributed by atoms with Gasteiger partial charge in [-0.15, -0.1) is 0 Å². The Hall–Kier alpha value is -1.72. The topological polar surface area (TPSA) is 113 Å². The molecule has 0 saturated carbocycles. The molecule has 1 amide bonds. The number of carbonyl (C=O) groups excluding carboxylic acids is 1. The van der Waals surface area contributed by atoms with Crippen molar-refractivity contribution >= 4 is 17.4 Å². The minimum atomic E-state index is -0.321. The monoisotopic (exact) mass is 183 g/mol. The van der Waals surface area contributed by atoms with Crippen molar-refractivity contribution < 1.29 is 4.79 Å². The first-order valence-electron chi connectivity index (χ1n) is 3.96. The molecule has 0 aliphatic carbocycles. The van der Waals surface area contributed by atoms with Crippen LogP contribution in [0.2, 0.25) is 0 Å². The Morgan fingerprint density at radius 1 is 1.54 bits per heavy atom.